The summed E-state index contributed by atoms with van der Waals surface area (Å²) in [6.45, 7) is 1.31. The van der Waals surface area contributed by atoms with E-state index in [2.05, 4.69) is 15.0 Å². The van der Waals surface area contributed by atoms with Crippen LogP contribution in [0.1, 0.15) is 12.0 Å². The molecule has 6 rings (SSSR count). The summed E-state index contributed by atoms with van der Waals surface area (Å²) < 4.78 is 47.7. The van der Waals surface area contributed by atoms with Gasteiger partial charge in [-0.15, -0.1) is 0 Å². The lowest BCUT2D eigenvalue weighted by atomic mass is 10.1. The Labute approximate surface area is 205 Å². The number of rotatable bonds is 5. The number of aromatic nitrogens is 2. The number of nitrogens with zero attached hydrogens (tertiary/aromatic N) is 3. The van der Waals surface area contributed by atoms with Crippen molar-refractivity contribution >= 4 is 22.9 Å². The van der Waals surface area contributed by atoms with Crippen molar-refractivity contribution in [3.8, 4) is 17.1 Å². The predicted octanol–water partition coefficient (Wildman–Crippen LogP) is 2.03. The number of benzene rings is 1. The van der Waals surface area contributed by atoms with Crippen molar-refractivity contribution in [1.82, 2.24) is 9.97 Å². The molecule has 5 atom stereocenters. The molecule has 5 heterocycles. The molecule has 0 radical (unpaired) electrons. The van der Waals surface area contributed by atoms with E-state index in [1.807, 2.05) is 0 Å². The first-order valence-corrected chi connectivity index (χ1v) is 11.9. The Morgan fingerprint density at radius 1 is 1.17 bits per heavy atom. The maximum absolute atomic E-state index is 15.2. The molecule has 0 spiro atoms. The number of aliphatic hydroxyl groups is 2. The zero-order valence-corrected chi connectivity index (χ0v) is 19.5. The van der Waals surface area contributed by atoms with E-state index in [0.29, 0.717) is 47.7 Å². The Bertz CT molecular complexity index is 1310. The Kier molecular flexibility index (Phi) is 5.87. The first-order chi connectivity index (χ1) is 17.4. The van der Waals surface area contributed by atoms with Gasteiger partial charge in [0.15, 0.2) is 6.10 Å². The van der Waals surface area contributed by atoms with Gasteiger partial charge in [-0.2, -0.15) is 0 Å². The van der Waals surface area contributed by atoms with Crippen LogP contribution in [-0.4, -0.2) is 90.3 Å². The van der Waals surface area contributed by atoms with Gasteiger partial charge in [0, 0.05) is 32.0 Å². The summed E-state index contributed by atoms with van der Waals surface area (Å²) in [7, 11) is 1.60. The molecule has 0 amide bonds. The van der Waals surface area contributed by atoms with Crippen LogP contribution in [0.3, 0.4) is 0 Å². The van der Waals surface area contributed by atoms with Crippen LogP contribution in [-0.2, 0) is 9.47 Å². The summed E-state index contributed by atoms with van der Waals surface area (Å²) >= 11 is 0. The van der Waals surface area contributed by atoms with Gasteiger partial charge in [0.2, 0.25) is 5.88 Å². The van der Waals surface area contributed by atoms with Crippen LogP contribution in [0.15, 0.2) is 29.3 Å². The summed E-state index contributed by atoms with van der Waals surface area (Å²) in [6.07, 6.45) is -0.365. The van der Waals surface area contributed by atoms with Crippen LogP contribution in [0.25, 0.3) is 22.3 Å². The number of halogens is 2. The molecular weight excluding hydrogens is 474 g/mol. The van der Waals surface area contributed by atoms with Crippen molar-refractivity contribution in [2.24, 2.45) is 4.99 Å². The van der Waals surface area contributed by atoms with Crippen molar-refractivity contribution in [3.63, 3.8) is 0 Å². The Morgan fingerprint density at radius 3 is 2.67 bits per heavy atom. The topological polar surface area (TPSA) is 112 Å². The molecule has 3 aromatic rings. The first kappa shape index (κ1) is 23.3. The quantitative estimate of drug-likeness (QED) is 0.460. The predicted molar refractivity (Wildman–Crippen MR) is 128 cm³/mol. The Morgan fingerprint density at radius 2 is 1.94 bits per heavy atom. The summed E-state index contributed by atoms with van der Waals surface area (Å²) in [5, 5.41) is 19.8. The van der Waals surface area contributed by atoms with Crippen LogP contribution < -0.4 is 9.64 Å². The van der Waals surface area contributed by atoms with Gasteiger partial charge in [0.05, 0.1) is 41.7 Å². The third-order valence-electron chi connectivity index (χ3n) is 6.96. The van der Waals surface area contributed by atoms with Crippen LogP contribution in [0.2, 0.25) is 0 Å². The fourth-order valence-corrected chi connectivity index (χ4v) is 5.20. The number of pyridine rings is 1. The maximum atomic E-state index is 15.2. The van der Waals surface area contributed by atoms with E-state index in [1.165, 1.54) is 12.1 Å². The summed E-state index contributed by atoms with van der Waals surface area (Å²) in [6, 6.07) is 5.77. The fraction of sp³-hybridized carbons (Fsp3) is 0.440. The van der Waals surface area contributed by atoms with E-state index in [-0.39, 0.29) is 24.5 Å². The number of hydrogen-bond acceptors (Lipinski definition) is 8. The summed E-state index contributed by atoms with van der Waals surface area (Å²) in [4.78, 5) is 13.6. The van der Waals surface area contributed by atoms with E-state index in [1.54, 1.807) is 30.3 Å². The highest BCUT2D eigenvalue weighted by molar-refractivity contribution is 6.00. The third kappa shape index (κ3) is 3.92. The second-order valence-corrected chi connectivity index (χ2v) is 9.34. The molecule has 190 valence electrons. The first-order valence-electron chi connectivity index (χ1n) is 11.9. The summed E-state index contributed by atoms with van der Waals surface area (Å²) in [5.41, 5.74) is 1.87. The monoisotopic (exact) mass is 500 g/mol. The minimum Gasteiger partial charge on any atom is -0.470 e. The van der Waals surface area contributed by atoms with E-state index in [9.17, 15) is 10.2 Å². The fourth-order valence-electron chi connectivity index (χ4n) is 5.20. The maximum Gasteiger partial charge on any atom is 0.203 e. The molecule has 3 saturated heterocycles. The lowest BCUT2D eigenvalue weighted by Gasteiger charge is -2.19. The highest BCUT2D eigenvalue weighted by Gasteiger charge is 2.48. The van der Waals surface area contributed by atoms with Gasteiger partial charge in [-0.3, -0.25) is 4.99 Å². The van der Waals surface area contributed by atoms with Crippen LogP contribution >= 0.6 is 0 Å². The number of nitrogens with one attached hydrogen (secondary N) is 1. The van der Waals surface area contributed by atoms with Crippen molar-refractivity contribution in [1.29, 1.82) is 0 Å². The van der Waals surface area contributed by atoms with Gasteiger partial charge in [-0.1, -0.05) is 0 Å². The van der Waals surface area contributed by atoms with Crippen LogP contribution in [0, 0.1) is 11.6 Å². The number of aromatic amines is 1. The number of H-pyrrole nitrogens is 1. The molecule has 0 saturated carbocycles. The Balaban J connectivity index is 1.34. The smallest absolute Gasteiger partial charge is 0.203 e. The molecular formula is C25H26F2N4O5. The third-order valence-corrected chi connectivity index (χ3v) is 6.96. The molecule has 0 aliphatic carbocycles. The lowest BCUT2D eigenvalue weighted by molar-refractivity contribution is 0.00792. The van der Waals surface area contributed by atoms with E-state index in [0.717, 1.165) is 0 Å². The van der Waals surface area contributed by atoms with Crippen LogP contribution in [0.5, 0.6) is 5.88 Å². The molecule has 11 heteroatoms. The molecule has 3 fully saturated rings. The highest BCUT2D eigenvalue weighted by Crippen LogP contribution is 2.35. The molecule has 36 heavy (non-hydrogen) atoms. The average molecular weight is 501 g/mol. The SMILES string of the molecule is CN=Cc1c(O[C@@H]2CO[C@H]3[C@@H]2OC[C@H]3O)[nH]c2ccc(-c3c(F)cc(N4CC[C@@H](O)C4)cc3F)nc12. The van der Waals surface area contributed by atoms with E-state index >= 15 is 8.78 Å². The molecule has 3 N–H and O–H groups in total. The average Bonchev–Trinajstić information content (AvgIpc) is 3.61. The molecule has 3 aliphatic heterocycles. The van der Waals surface area contributed by atoms with Crippen LogP contribution in [0.4, 0.5) is 14.5 Å². The van der Waals surface area contributed by atoms with Crippen molar-refractivity contribution in [2.45, 2.75) is 36.9 Å². The van der Waals surface area contributed by atoms with Gasteiger partial charge in [0.25, 0.3) is 0 Å². The second-order valence-electron chi connectivity index (χ2n) is 9.34. The number of anilines is 1. The van der Waals surface area contributed by atoms with Gasteiger partial charge in [-0.25, -0.2) is 13.8 Å². The van der Waals surface area contributed by atoms with E-state index < -0.39 is 42.2 Å². The number of aliphatic imine (C=N–C) groups is 1. The van der Waals surface area contributed by atoms with Crippen molar-refractivity contribution < 1.29 is 33.2 Å². The number of aliphatic hydroxyl groups excluding tert-OH is 2. The van der Waals surface area contributed by atoms with Crippen molar-refractivity contribution in [3.05, 3.63) is 41.5 Å². The zero-order chi connectivity index (χ0) is 25.0. The standard InChI is InChI=1S/C25H26F2N4O5/c1-28-8-14-22-18(30-25(14)36-20-11-35-23-19(33)10-34-24(20)23)3-2-17(29-22)21-15(26)6-12(7-16(21)27)31-5-4-13(32)9-31/h2-3,6-8,13,19-20,23-24,30,32-33H,4-5,9-11H2,1H3/t13-,19-,20-,23-,24-/m1/s1. The minimum atomic E-state index is -0.734. The largest absolute Gasteiger partial charge is 0.470 e. The molecule has 1 aromatic carbocycles. The van der Waals surface area contributed by atoms with Crippen molar-refractivity contribution in [2.75, 3.05) is 38.3 Å². The molecule has 3 aliphatic rings. The normalized spacial score (nSPS) is 28.0. The van der Waals surface area contributed by atoms with Gasteiger partial charge >= 0.3 is 0 Å². The number of hydrogen-bond donors (Lipinski definition) is 3. The van der Waals surface area contributed by atoms with E-state index in [4.69, 9.17) is 14.2 Å². The number of ether oxygens (including phenoxy) is 3. The van der Waals surface area contributed by atoms with Gasteiger partial charge in [0.1, 0.15) is 35.5 Å². The van der Waals surface area contributed by atoms with Gasteiger partial charge < -0.3 is 34.3 Å². The number of β-amino-alcohol motifs (C(OH)–C–C–N with tert-alkyl or cyclic N) is 1. The summed E-state index contributed by atoms with van der Waals surface area (Å²) in [5.74, 6) is -1.09. The minimum absolute atomic E-state index is 0.133. The second kappa shape index (κ2) is 9.07. The molecule has 0 unspecified atom stereocenters. The lowest BCUT2D eigenvalue weighted by Crippen LogP contribution is -2.34. The van der Waals surface area contributed by atoms with Gasteiger partial charge in [-0.05, 0) is 30.7 Å². The number of fused-ring (bicyclic) bond motifs is 2. The zero-order valence-electron chi connectivity index (χ0n) is 19.5. The molecule has 9 nitrogen and oxygen atoms in total. The molecule has 0 bridgehead atoms. The molecule has 2 aromatic heterocycles. The highest BCUT2D eigenvalue weighted by atomic mass is 19.1. The Hall–Kier alpha value is -3.12.